The third-order valence-corrected chi connectivity index (χ3v) is 4.28. The number of pyridine rings is 1. The molecule has 0 spiro atoms. The van der Waals surface area contributed by atoms with Crippen LogP contribution in [0.5, 0.6) is 11.5 Å². The van der Waals surface area contributed by atoms with Crippen molar-refractivity contribution in [2.45, 2.75) is 32.9 Å². The average molecular weight is 382 g/mol. The highest BCUT2D eigenvalue weighted by molar-refractivity contribution is 5.94. The van der Waals surface area contributed by atoms with E-state index in [-0.39, 0.29) is 12.5 Å². The third kappa shape index (κ3) is 4.80. The van der Waals surface area contributed by atoms with Crippen molar-refractivity contribution < 1.29 is 14.3 Å². The molecule has 0 saturated heterocycles. The molecule has 7 heteroatoms. The Morgan fingerprint density at radius 3 is 2.79 bits per heavy atom. The zero-order chi connectivity index (χ0) is 20.1. The summed E-state index contributed by atoms with van der Waals surface area (Å²) in [4.78, 5) is 16.8. The lowest BCUT2D eigenvalue weighted by atomic mass is 10.0. The Morgan fingerprint density at radius 2 is 2.07 bits per heavy atom. The van der Waals surface area contributed by atoms with Crippen LogP contribution < -0.4 is 20.5 Å². The van der Waals surface area contributed by atoms with E-state index in [0.29, 0.717) is 29.5 Å². The molecule has 0 bridgehead atoms. The van der Waals surface area contributed by atoms with E-state index in [2.05, 4.69) is 10.3 Å². The molecular weight excluding hydrogens is 356 g/mol. The zero-order valence-electron chi connectivity index (χ0n) is 16.4. The predicted molar refractivity (Wildman–Crippen MR) is 109 cm³/mol. The Hall–Kier alpha value is -3.06. The molecule has 0 aliphatic rings. The van der Waals surface area contributed by atoms with E-state index in [0.717, 1.165) is 11.3 Å². The molecule has 3 N–H and O–H groups in total. The number of benzene rings is 1. The third-order valence-electron chi connectivity index (χ3n) is 4.28. The van der Waals surface area contributed by atoms with Crippen LogP contribution in [0.3, 0.4) is 0 Å². The number of nitrogens with zero attached hydrogens (tertiary/aromatic N) is 2. The highest BCUT2D eigenvalue weighted by atomic mass is 16.5. The van der Waals surface area contributed by atoms with Gasteiger partial charge in [-0.1, -0.05) is 19.9 Å². The first kappa shape index (κ1) is 19.7. The molecule has 3 rings (SSSR count). The number of hydrogen-bond acceptors (Lipinski definition) is 5. The van der Waals surface area contributed by atoms with Gasteiger partial charge in [0.15, 0.2) is 11.5 Å². The Balaban J connectivity index is 1.70. The molecule has 28 heavy (non-hydrogen) atoms. The summed E-state index contributed by atoms with van der Waals surface area (Å²) in [5.41, 5.74) is 8.21. The van der Waals surface area contributed by atoms with Crippen LogP contribution in [0.25, 0.3) is 5.65 Å². The van der Waals surface area contributed by atoms with Crippen molar-refractivity contribution in [3.05, 3.63) is 54.5 Å². The fraction of sp³-hybridized carbons (Fsp3) is 0.333. The summed E-state index contributed by atoms with van der Waals surface area (Å²) >= 11 is 0. The van der Waals surface area contributed by atoms with Gasteiger partial charge in [0.05, 0.1) is 18.8 Å². The minimum Gasteiger partial charge on any atom is -0.493 e. The normalized spacial score (nSPS) is 12.2. The number of fused-ring (bicyclic) bond motifs is 1. The second-order valence-electron chi connectivity index (χ2n) is 7.08. The van der Waals surface area contributed by atoms with Gasteiger partial charge in [0.2, 0.25) is 5.91 Å². The minimum atomic E-state index is -0.551. The lowest BCUT2D eigenvalue weighted by Gasteiger charge is -2.16. The molecule has 0 aliphatic heterocycles. The Morgan fingerprint density at radius 1 is 1.25 bits per heavy atom. The molecule has 3 aromatic rings. The largest absolute Gasteiger partial charge is 0.493 e. The second-order valence-corrected chi connectivity index (χ2v) is 7.08. The fourth-order valence-electron chi connectivity index (χ4n) is 2.93. The van der Waals surface area contributed by atoms with Crippen LogP contribution in [0.2, 0.25) is 0 Å². The molecule has 1 amide bonds. The summed E-state index contributed by atoms with van der Waals surface area (Å²) in [5.74, 6) is 1.23. The molecule has 2 aromatic heterocycles. The molecule has 148 valence electrons. The van der Waals surface area contributed by atoms with Crippen LogP contribution >= 0.6 is 0 Å². The number of nitrogens with one attached hydrogen (secondary N) is 1. The van der Waals surface area contributed by atoms with E-state index in [1.165, 1.54) is 0 Å². The summed E-state index contributed by atoms with van der Waals surface area (Å²) in [7, 11) is 1.57. The first-order valence-electron chi connectivity index (χ1n) is 9.26. The fourth-order valence-corrected chi connectivity index (χ4v) is 2.93. The number of rotatable bonds is 8. The molecule has 1 atom stereocenters. The lowest BCUT2D eigenvalue weighted by molar-refractivity contribution is -0.117. The first-order valence-corrected chi connectivity index (χ1v) is 9.26. The highest BCUT2D eigenvalue weighted by Crippen LogP contribution is 2.31. The monoisotopic (exact) mass is 382 g/mol. The summed E-state index contributed by atoms with van der Waals surface area (Å²) in [6, 6.07) is 10.5. The number of anilines is 1. The maximum Gasteiger partial charge on any atom is 0.241 e. The summed E-state index contributed by atoms with van der Waals surface area (Å²) < 4.78 is 13.2. The molecule has 0 saturated carbocycles. The van der Waals surface area contributed by atoms with Gasteiger partial charge in [0.1, 0.15) is 12.3 Å². The lowest BCUT2D eigenvalue weighted by Crippen LogP contribution is -2.36. The molecular formula is C21H26N4O3. The van der Waals surface area contributed by atoms with Crippen molar-refractivity contribution >= 4 is 17.2 Å². The van der Waals surface area contributed by atoms with Gasteiger partial charge >= 0.3 is 0 Å². The maximum atomic E-state index is 12.3. The van der Waals surface area contributed by atoms with E-state index in [1.54, 1.807) is 25.3 Å². The molecule has 0 aliphatic carbocycles. The van der Waals surface area contributed by atoms with Crippen molar-refractivity contribution in [1.29, 1.82) is 0 Å². The topological polar surface area (TPSA) is 90.9 Å². The van der Waals surface area contributed by atoms with Crippen LogP contribution in [-0.2, 0) is 11.4 Å². The highest BCUT2D eigenvalue weighted by Gasteiger charge is 2.16. The number of hydrogen-bond donors (Lipinski definition) is 2. The van der Waals surface area contributed by atoms with Crippen LogP contribution in [0, 0.1) is 5.92 Å². The number of carbonyl (C=O) groups excluding carboxylic acids is 1. The number of methoxy groups -OCH3 is 1. The smallest absolute Gasteiger partial charge is 0.241 e. The maximum absolute atomic E-state index is 12.3. The van der Waals surface area contributed by atoms with Gasteiger partial charge in [0.25, 0.3) is 0 Å². The number of amides is 1. The Labute approximate surface area is 164 Å². The van der Waals surface area contributed by atoms with E-state index < -0.39 is 6.04 Å². The van der Waals surface area contributed by atoms with Crippen molar-refractivity contribution in [3.63, 3.8) is 0 Å². The van der Waals surface area contributed by atoms with Gasteiger partial charge < -0.3 is 24.9 Å². The zero-order valence-corrected chi connectivity index (χ0v) is 16.4. The number of nitrogens with two attached hydrogens (primary N) is 1. The summed E-state index contributed by atoms with van der Waals surface area (Å²) in [6.45, 7) is 4.35. The standard InChI is InChI=1S/C21H26N4O3/c1-14(2)10-17(22)21(26)24-15-7-8-18(27-3)19(11-15)28-13-16-12-25-9-5-4-6-20(25)23-16/h4-9,11-12,14,17H,10,13,22H2,1-3H3,(H,24,26)/t17-/m0/s1. The average Bonchev–Trinajstić information content (AvgIpc) is 3.09. The molecule has 0 fully saturated rings. The van der Waals surface area contributed by atoms with Gasteiger partial charge in [-0.3, -0.25) is 4.79 Å². The molecule has 0 radical (unpaired) electrons. The molecule has 1 aromatic carbocycles. The second kappa shape index (κ2) is 8.75. The van der Waals surface area contributed by atoms with Crippen LogP contribution in [0.4, 0.5) is 5.69 Å². The summed E-state index contributed by atoms with van der Waals surface area (Å²) in [6.07, 6.45) is 4.47. The van der Waals surface area contributed by atoms with Gasteiger partial charge in [-0.05, 0) is 36.6 Å². The van der Waals surface area contributed by atoms with E-state index >= 15 is 0 Å². The van der Waals surface area contributed by atoms with Crippen LogP contribution in [0.1, 0.15) is 26.0 Å². The molecule has 7 nitrogen and oxygen atoms in total. The predicted octanol–water partition coefficient (Wildman–Crippen LogP) is 3.23. The number of ether oxygens (including phenoxy) is 2. The number of aromatic nitrogens is 2. The van der Waals surface area contributed by atoms with Crippen molar-refractivity contribution in [2.24, 2.45) is 11.7 Å². The van der Waals surface area contributed by atoms with E-state index in [9.17, 15) is 4.79 Å². The van der Waals surface area contributed by atoms with E-state index in [1.807, 2.05) is 48.8 Å². The SMILES string of the molecule is COc1ccc(NC(=O)[C@@H](N)CC(C)C)cc1OCc1cn2ccccc2n1. The Bertz CT molecular complexity index is 919. The van der Waals surface area contributed by atoms with Crippen LogP contribution in [-0.4, -0.2) is 28.4 Å². The molecule has 2 heterocycles. The van der Waals surface area contributed by atoms with Gasteiger partial charge in [-0.2, -0.15) is 0 Å². The van der Waals surface area contributed by atoms with Gasteiger partial charge in [-0.15, -0.1) is 0 Å². The van der Waals surface area contributed by atoms with Crippen molar-refractivity contribution in [1.82, 2.24) is 9.38 Å². The van der Waals surface area contributed by atoms with Crippen LogP contribution in [0.15, 0.2) is 48.8 Å². The van der Waals surface area contributed by atoms with Crippen molar-refractivity contribution in [3.8, 4) is 11.5 Å². The quantitative estimate of drug-likeness (QED) is 0.624. The van der Waals surface area contributed by atoms with E-state index in [4.69, 9.17) is 15.2 Å². The van der Waals surface area contributed by atoms with Crippen molar-refractivity contribution in [2.75, 3.05) is 12.4 Å². The molecule has 0 unspecified atom stereocenters. The van der Waals surface area contributed by atoms with Gasteiger partial charge in [0, 0.05) is 24.1 Å². The number of carbonyl (C=O) groups is 1. The number of imidazole rings is 1. The minimum absolute atomic E-state index is 0.217. The first-order chi connectivity index (χ1) is 13.5. The summed E-state index contributed by atoms with van der Waals surface area (Å²) in [5, 5.41) is 2.84. The van der Waals surface area contributed by atoms with Gasteiger partial charge in [-0.25, -0.2) is 4.98 Å². The Kier molecular flexibility index (Phi) is 6.16.